The van der Waals surface area contributed by atoms with E-state index in [0.717, 1.165) is 35.1 Å². The number of non-ortho nitro benzene ring substituents is 1. The van der Waals surface area contributed by atoms with Gasteiger partial charge in [0, 0.05) is 30.5 Å². The number of hydrogen-bond acceptors (Lipinski definition) is 9. The maximum Gasteiger partial charge on any atom is 0.408 e. The van der Waals surface area contributed by atoms with Crippen molar-refractivity contribution in [3.05, 3.63) is 189 Å². The number of nitro groups is 1. The first-order chi connectivity index (χ1) is 33.4. The molecule has 0 radical (unpaired) electrons. The summed E-state index contributed by atoms with van der Waals surface area (Å²) in [5.74, 6) is -3.14. The van der Waals surface area contributed by atoms with E-state index in [4.69, 9.17) is 9.47 Å². The number of amides is 4. The molecule has 5 aromatic rings. The van der Waals surface area contributed by atoms with Crippen LogP contribution in [0.3, 0.4) is 0 Å². The van der Waals surface area contributed by atoms with E-state index in [-0.39, 0.29) is 24.9 Å². The molecular formula is C56H65N5O9. The molecule has 0 saturated carbocycles. The third-order valence-electron chi connectivity index (χ3n) is 11.8. The van der Waals surface area contributed by atoms with Gasteiger partial charge in [-0.05, 0) is 98.4 Å². The summed E-state index contributed by atoms with van der Waals surface area (Å²) >= 11 is 0. The molecule has 70 heavy (non-hydrogen) atoms. The highest BCUT2D eigenvalue weighted by Crippen LogP contribution is 2.27. The van der Waals surface area contributed by atoms with Crippen LogP contribution in [0.25, 0.3) is 5.57 Å². The lowest BCUT2D eigenvalue weighted by atomic mass is 9.97. The van der Waals surface area contributed by atoms with Crippen molar-refractivity contribution < 1.29 is 38.4 Å². The second kappa shape index (κ2) is 25.7. The average molecular weight is 952 g/mol. The minimum absolute atomic E-state index is 0.0346. The Balaban J connectivity index is 1.42. The third-order valence-corrected chi connectivity index (χ3v) is 11.8. The maximum atomic E-state index is 14.6. The van der Waals surface area contributed by atoms with Crippen LogP contribution in [0.15, 0.2) is 140 Å². The maximum absolute atomic E-state index is 14.6. The molecule has 5 aromatic carbocycles. The predicted octanol–water partition coefficient (Wildman–Crippen LogP) is 8.91. The van der Waals surface area contributed by atoms with E-state index < -0.39 is 70.4 Å². The minimum Gasteiger partial charge on any atom is -0.444 e. The van der Waals surface area contributed by atoms with Crippen LogP contribution in [0.5, 0.6) is 0 Å². The molecule has 5 rings (SSSR count). The number of hydrogen-bond donors (Lipinski definition) is 4. The Morgan fingerprint density at radius 1 is 0.600 bits per heavy atom. The largest absolute Gasteiger partial charge is 0.444 e. The number of esters is 1. The Labute approximate surface area is 410 Å². The Morgan fingerprint density at radius 2 is 1.06 bits per heavy atom. The second-order valence-corrected chi connectivity index (χ2v) is 18.4. The SMILES string of the molecule is CCC(C)[C@H](NC(=O)[C@H](Cc1ccccc1)NC(=O)[C@H](Cc1ccc(CCc2ccccc2)cc1)NC(=O)[C@H](CC)NC(=O)OC(C)(C)C)C(=O)O/C=C(/c1ccc(C)cc1)c1ccc([N+](=O)[O-])cc1. The molecule has 0 saturated heterocycles. The van der Waals surface area contributed by atoms with Gasteiger partial charge in [0.05, 0.1) is 4.92 Å². The number of carbonyl (C=O) groups excluding carboxylic acids is 5. The van der Waals surface area contributed by atoms with E-state index in [9.17, 15) is 34.1 Å². The molecule has 0 aliphatic heterocycles. The molecule has 0 bridgehead atoms. The van der Waals surface area contributed by atoms with Gasteiger partial charge in [0.15, 0.2) is 0 Å². The van der Waals surface area contributed by atoms with E-state index in [1.54, 1.807) is 46.8 Å². The number of nitrogens with one attached hydrogen (secondary N) is 4. The highest BCUT2D eigenvalue weighted by atomic mass is 16.6. The summed E-state index contributed by atoms with van der Waals surface area (Å²) < 4.78 is 11.3. The van der Waals surface area contributed by atoms with E-state index in [0.29, 0.717) is 23.1 Å². The number of benzene rings is 5. The molecule has 368 valence electrons. The van der Waals surface area contributed by atoms with Gasteiger partial charge in [-0.15, -0.1) is 0 Å². The summed E-state index contributed by atoms with van der Waals surface area (Å²) in [6.07, 6.45) is 2.88. The fraction of sp³-hybridized carbons (Fsp3) is 0.339. The van der Waals surface area contributed by atoms with E-state index >= 15 is 0 Å². The van der Waals surface area contributed by atoms with Gasteiger partial charge < -0.3 is 30.7 Å². The molecule has 4 amide bonds. The molecule has 5 atom stereocenters. The molecule has 1 unspecified atom stereocenters. The standard InChI is InChI=1S/C56H65N5O9/c1-8-38(4)50(54(65)69-36-46(43-28-20-37(3)21-29-43)44-30-32-45(33-31-44)61(67)68)60-53(64)49(34-41-18-14-11-15-19-41)58-52(63)48(57-51(62)47(9-2)59-55(66)70-56(5,6)7)35-42-26-24-40(25-27-42)23-22-39-16-12-10-13-17-39/h10-21,24-33,36,38,47-50H,8-9,22-23,34-35H2,1-7H3,(H,57,62)(H,58,63)(H,59,66)(H,60,64)/b46-36-/t38?,47-,48-,49-,50-/m0/s1. The fourth-order valence-corrected chi connectivity index (χ4v) is 7.54. The first kappa shape index (κ1) is 53.3. The van der Waals surface area contributed by atoms with Gasteiger partial charge in [0.25, 0.3) is 5.69 Å². The summed E-state index contributed by atoms with van der Waals surface area (Å²) in [6.45, 7) is 12.5. The van der Waals surface area contributed by atoms with E-state index in [1.165, 1.54) is 24.0 Å². The molecule has 14 nitrogen and oxygen atoms in total. The molecule has 14 heteroatoms. The number of carbonyl (C=O) groups is 5. The first-order valence-corrected chi connectivity index (χ1v) is 23.7. The molecule has 0 aliphatic carbocycles. The van der Waals surface area contributed by atoms with Crippen molar-refractivity contribution >= 4 is 41.0 Å². The quantitative estimate of drug-likeness (QED) is 0.0227. The van der Waals surface area contributed by atoms with Crippen LogP contribution in [0.1, 0.15) is 93.3 Å². The van der Waals surface area contributed by atoms with Crippen LogP contribution >= 0.6 is 0 Å². The van der Waals surface area contributed by atoms with Crippen LogP contribution in [0, 0.1) is 23.0 Å². The van der Waals surface area contributed by atoms with Gasteiger partial charge in [0.1, 0.15) is 36.0 Å². The predicted molar refractivity (Wildman–Crippen MR) is 270 cm³/mol. The molecular weight excluding hydrogens is 887 g/mol. The molecule has 0 aromatic heterocycles. The van der Waals surface area contributed by atoms with Crippen molar-refractivity contribution in [2.45, 2.75) is 117 Å². The van der Waals surface area contributed by atoms with Crippen molar-refractivity contribution in [2.24, 2.45) is 5.92 Å². The van der Waals surface area contributed by atoms with Crippen LogP contribution < -0.4 is 21.3 Å². The monoisotopic (exact) mass is 951 g/mol. The van der Waals surface area contributed by atoms with E-state index in [1.807, 2.05) is 111 Å². The van der Waals surface area contributed by atoms with Crippen LogP contribution in [0.4, 0.5) is 10.5 Å². The number of aryl methyl sites for hydroxylation is 3. The summed E-state index contributed by atoms with van der Waals surface area (Å²) in [4.78, 5) is 80.9. The molecule has 0 spiro atoms. The Hall–Kier alpha value is -7.61. The Bertz CT molecular complexity index is 2560. The van der Waals surface area contributed by atoms with Crippen LogP contribution in [-0.2, 0) is 54.3 Å². The molecule has 0 heterocycles. The van der Waals surface area contributed by atoms with Crippen LogP contribution in [-0.4, -0.2) is 64.5 Å². The first-order valence-electron chi connectivity index (χ1n) is 23.7. The number of ether oxygens (including phenoxy) is 2. The molecule has 0 aliphatic rings. The van der Waals surface area contributed by atoms with Gasteiger partial charge in [0.2, 0.25) is 17.7 Å². The lowest BCUT2D eigenvalue weighted by Crippen LogP contribution is -2.59. The summed E-state index contributed by atoms with van der Waals surface area (Å²) in [7, 11) is 0. The third kappa shape index (κ3) is 16.6. The van der Waals surface area contributed by atoms with Crippen molar-refractivity contribution in [3.8, 4) is 0 Å². The highest BCUT2D eigenvalue weighted by Gasteiger charge is 2.34. The molecule has 4 N–H and O–H groups in total. The lowest BCUT2D eigenvalue weighted by molar-refractivity contribution is -0.384. The van der Waals surface area contributed by atoms with Crippen molar-refractivity contribution in [2.75, 3.05) is 0 Å². The Kier molecular flexibility index (Phi) is 19.6. The van der Waals surface area contributed by atoms with E-state index in [2.05, 4.69) is 33.4 Å². The van der Waals surface area contributed by atoms with Crippen molar-refractivity contribution in [1.82, 2.24) is 21.3 Å². The summed E-state index contributed by atoms with van der Waals surface area (Å²) in [5, 5.41) is 22.6. The van der Waals surface area contributed by atoms with Gasteiger partial charge >= 0.3 is 12.1 Å². The number of nitro benzene ring substituents is 1. The van der Waals surface area contributed by atoms with Crippen LogP contribution in [0.2, 0.25) is 0 Å². The second-order valence-electron chi connectivity index (χ2n) is 18.4. The Morgan fingerprint density at radius 3 is 1.56 bits per heavy atom. The van der Waals surface area contributed by atoms with Gasteiger partial charge in [-0.25, -0.2) is 9.59 Å². The molecule has 0 fully saturated rings. The fourth-order valence-electron chi connectivity index (χ4n) is 7.54. The zero-order chi connectivity index (χ0) is 50.8. The normalized spacial score (nSPS) is 13.6. The van der Waals surface area contributed by atoms with Gasteiger partial charge in [-0.1, -0.05) is 142 Å². The minimum atomic E-state index is -1.23. The van der Waals surface area contributed by atoms with Gasteiger partial charge in [-0.3, -0.25) is 24.5 Å². The topological polar surface area (TPSA) is 195 Å². The zero-order valence-corrected chi connectivity index (χ0v) is 41.0. The van der Waals surface area contributed by atoms with Crippen molar-refractivity contribution in [1.29, 1.82) is 0 Å². The average Bonchev–Trinajstić information content (AvgIpc) is 3.34. The smallest absolute Gasteiger partial charge is 0.408 e. The zero-order valence-electron chi connectivity index (χ0n) is 41.0. The number of alkyl carbamates (subject to hydrolysis) is 1. The summed E-state index contributed by atoms with van der Waals surface area (Å²) in [6, 6.07) is 35.7. The highest BCUT2D eigenvalue weighted by molar-refractivity contribution is 5.95. The lowest BCUT2D eigenvalue weighted by Gasteiger charge is -2.28. The van der Waals surface area contributed by atoms with Crippen molar-refractivity contribution in [3.63, 3.8) is 0 Å². The number of nitrogens with zero attached hydrogens (tertiary/aromatic N) is 1. The number of rotatable bonds is 22. The van der Waals surface area contributed by atoms with Gasteiger partial charge in [-0.2, -0.15) is 0 Å². The summed E-state index contributed by atoms with van der Waals surface area (Å²) in [5.41, 5.74) is 5.58.